The van der Waals surface area contributed by atoms with Gasteiger partial charge in [0.25, 0.3) is 0 Å². The van der Waals surface area contributed by atoms with Crippen LogP contribution in [-0.4, -0.2) is 13.0 Å². The van der Waals surface area contributed by atoms with Crippen LogP contribution in [0.15, 0.2) is 62.8 Å². The number of halogens is 2. The van der Waals surface area contributed by atoms with Crippen molar-refractivity contribution in [1.82, 2.24) is 4.57 Å². The molecule has 0 aliphatic heterocycles. The third kappa shape index (κ3) is 2.86. The van der Waals surface area contributed by atoms with Crippen LogP contribution in [0.25, 0.3) is 16.9 Å². The molecule has 2 aromatic carbocycles. The number of sulfonamides is 1. The van der Waals surface area contributed by atoms with Crippen LogP contribution in [-0.2, 0) is 10.0 Å². The zero-order valence-electron chi connectivity index (χ0n) is 11.9. The third-order valence-corrected chi connectivity index (χ3v) is 4.25. The molecular weight excluding hydrogens is 342 g/mol. The lowest BCUT2D eigenvalue weighted by atomic mass is 10.1. The molecule has 0 radical (unpaired) electrons. The molecule has 0 unspecified atom stereocenters. The molecule has 0 spiro atoms. The number of rotatable bonds is 3. The van der Waals surface area contributed by atoms with Crippen LogP contribution in [0.3, 0.4) is 0 Å². The summed E-state index contributed by atoms with van der Waals surface area (Å²) in [5.74, 6) is -2.46. The van der Waals surface area contributed by atoms with Gasteiger partial charge >= 0.3 is 5.76 Å². The standard InChI is InChI=1S/C15H10F2N2O4S/c16-10-3-6-12(17)13(7-10)19-14(8-23-15(19)20)9-1-4-11(5-2-9)24(18,21)22/h1-8H,(H2,18,21,22). The summed E-state index contributed by atoms with van der Waals surface area (Å²) in [6, 6.07) is 7.87. The van der Waals surface area contributed by atoms with Gasteiger partial charge in [-0.1, -0.05) is 12.1 Å². The smallest absolute Gasteiger partial charge is 0.415 e. The Balaban J connectivity index is 2.18. The van der Waals surface area contributed by atoms with Crippen molar-refractivity contribution in [2.24, 2.45) is 5.14 Å². The molecule has 0 fully saturated rings. The number of nitrogens with two attached hydrogens (primary N) is 1. The third-order valence-electron chi connectivity index (χ3n) is 3.32. The van der Waals surface area contributed by atoms with E-state index >= 15 is 0 Å². The van der Waals surface area contributed by atoms with Crippen molar-refractivity contribution in [1.29, 1.82) is 0 Å². The molecule has 0 amide bonds. The van der Waals surface area contributed by atoms with Crippen molar-refractivity contribution in [3.05, 3.63) is 70.9 Å². The monoisotopic (exact) mass is 352 g/mol. The van der Waals surface area contributed by atoms with E-state index in [9.17, 15) is 22.0 Å². The van der Waals surface area contributed by atoms with Crippen molar-refractivity contribution in [2.45, 2.75) is 4.90 Å². The fraction of sp³-hybridized carbons (Fsp3) is 0. The maximum atomic E-state index is 14.0. The van der Waals surface area contributed by atoms with Gasteiger partial charge in [0.2, 0.25) is 10.0 Å². The predicted octanol–water partition coefficient (Wildman–Crippen LogP) is 2.02. The number of hydrogen-bond donors (Lipinski definition) is 1. The fourth-order valence-electron chi connectivity index (χ4n) is 2.21. The Labute approximate surface area is 134 Å². The van der Waals surface area contributed by atoms with Gasteiger partial charge in [0, 0.05) is 11.6 Å². The topological polar surface area (TPSA) is 95.3 Å². The Morgan fingerprint density at radius 1 is 1.04 bits per heavy atom. The van der Waals surface area contributed by atoms with Crippen LogP contribution in [0.2, 0.25) is 0 Å². The molecule has 2 N–H and O–H groups in total. The fourth-order valence-corrected chi connectivity index (χ4v) is 2.72. The van der Waals surface area contributed by atoms with Gasteiger partial charge in [-0.25, -0.2) is 31.7 Å². The van der Waals surface area contributed by atoms with Gasteiger partial charge < -0.3 is 4.42 Å². The molecule has 0 saturated heterocycles. The average Bonchev–Trinajstić information content (AvgIpc) is 2.90. The number of primary sulfonamides is 1. The van der Waals surface area contributed by atoms with Crippen LogP contribution in [0, 0.1) is 11.6 Å². The van der Waals surface area contributed by atoms with E-state index in [1.54, 1.807) is 0 Å². The largest absolute Gasteiger partial charge is 0.424 e. The Bertz CT molecular complexity index is 1070. The normalized spacial score (nSPS) is 11.6. The molecule has 1 aromatic heterocycles. The van der Waals surface area contributed by atoms with Crippen LogP contribution in [0.5, 0.6) is 0 Å². The number of benzene rings is 2. The maximum Gasteiger partial charge on any atom is 0.424 e. The zero-order chi connectivity index (χ0) is 17.5. The number of aromatic nitrogens is 1. The summed E-state index contributed by atoms with van der Waals surface area (Å²) in [5, 5.41) is 5.01. The highest BCUT2D eigenvalue weighted by atomic mass is 32.2. The second-order valence-electron chi connectivity index (χ2n) is 4.89. The van der Waals surface area contributed by atoms with Gasteiger partial charge in [-0.15, -0.1) is 0 Å². The molecule has 24 heavy (non-hydrogen) atoms. The van der Waals surface area contributed by atoms with E-state index < -0.39 is 27.4 Å². The SMILES string of the molecule is NS(=O)(=O)c1ccc(-c2coc(=O)n2-c2cc(F)ccc2F)cc1. The molecular formula is C15H10F2N2O4S. The summed E-state index contributed by atoms with van der Waals surface area (Å²) in [6.07, 6.45) is 1.07. The minimum atomic E-state index is -3.87. The van der Waals surface area contributed by atoms with E-state index in [1.165, 1.54) is 24.3 Å². The van der Waals surface area contributed by atoms with Crippen LogP contribution in [0.4, 0.5) is 8.78 Å². The Kier molecular flexibility index (Phi) is 3.82. The van der Waals surface area contributed by atoms with E-state index in [0.717, 1.165) is 29.0 Å². The van der Waals surface area contributed by atoms with E-state index in [4.69, 9.17) is 9.56 Å². The lowest BCUT2D eigenvalue weighted by Crippen LogP contribution is -2.15. The van der Waals surface area contributed by atoms with Gasteiger partial charge in [0.15, 0.2) is 0 Å². The van der Waals surface area contributed by atoms with Gasteiger partial charge in [-0.05, 0) is 24.3 Å². The first-order valence-electron chi connectivity index (χ1n) is 6.56. The second-order valence-corrected chi connectivity index (χ2v) is 6.45. The molecule has 0 bridgehead atoms. The molecule has 6 nitrogen and oxygen atoms in total. The molecule has 3 aromatic rings. The molecule has 0 saturated carbocycles. The van der Waals surface area contributed by atoms with E-state index in [1.807, 2.05) is 0 Å². The minimum Gasteiger partial charge on any atom is -0.415 e. The second kappa shape index (κ2) is 5.69. The predicted molar refractivity (Wildman–Crippen MR) is 81.0 cm³/mol. The molecule has 0 aliphatic rings. The summed E-state index contributed by atoms with van der Waals surface area (Å²) in [4.78, 5) is 11.8. The van der Waals surface area contributed by atoms with Crippen molar-refractivity contribution >= 4 is 10.0 Å². The first-order valence-corrected chi connectivity index (χ1v) is 8.11. The van der Waals surface area contributed by atoms with Crippen molar-refractivity contribution in [2.75, 3.05) is 0 Å². The number of nitrogens with zero attached hydrogens (tertiary/aromatic N) is 1. The Hall–Kier alpha value is -2.78. The zero-order valence-corrected chi connectivity index (χ0v) is 12.8. The minimum absolute atomic E-state index is 0.124. The van der Waals surface area contributed by atoms with Crippen molar-refractivity contribution in [3.8, 4) is 16.9 Å². The van der Waals surface area contributed by atoms with Gasteiger partial charge in [0.1, 0.15) is 17.9 Å². The summed E-state index contributed by atoms with van der Waals surface area (Å²) >= 11 is 0. The summed E-state index contributed by atoms with van der Waals surface area (Å²) < 4.78 is 55.5. The van der Waals surface area contributed by atoms with Crippen molar-refractivity contribution in [3.63, 3.8) is 0 Å². The lowest BCUT2D eigenvalue weighted by Gasteiger charge is -2.08. The molecule has 3 rings (SSSR count). The first-order chi connectivity index (χ1) is 11.3. The quantitative estimate of drug-likeness (QED) is 0.780. The van der Waals surface area contributed by atoms with Crippen LogP contribution < -0.4 is 10.9 Å². The average molecular weight is 352 g/mol. The number of oxazole rings is 1. The highest BCUT2D eigenvalue weighted by Crippen LogP contribution is 2.24. The summed E-state index contributed by atoms with van der Waals surface area (Å²) in [6.45, 7) is 0. The van der Waals surface area contributed by atoms with E-state index in [2.05, 4.69) is 0 Å². The number of hydrogen-bond acceptors (Lipinski definition) is 4. The Morgan fingerprint density at radius 2 is 1.71 bits per heavy atom. The molecule has 124 valence electrons. The van der Waals surface area contributed by atoms with Gasteiger partial charge in [0.05, 0.1) is 16.3 Å². The Morgan fingerprint density at radius 3 is 2.33 bits per heavy atom. The van der Waals surface area contributed by atoms with Crippen molar-refractivity contribution < 1.29 is 21.6 Å². The van der Waals surface area contributed by atoms with Gasteiger partial charge in [-0.3, -0.25) is 0 Å². The lowest BCUT2D eigenvalue weighted by molar-refractivity contribution is 0.499. The van der Waals surface area contributed by atoms with Crippen LogP contribution in [0.1, 0.15) is 0 Å². The van der Waals surface area contributed by atoms with Gasteiger partial charge in [-0.2, -0.15) is 0 Å². The first kappa shape index (κ1) is 16.1. The molecule has 9 heteroatoms. The highest BCUT2D eigenvalue weighted by molar-refractivity contribution is 7.89. The molecule has 1 heterocycles. The van der Waals surface area contributed by atoms with E-state index in [-0.39, 0.29) is 16.3 Å². The van der Waals surface area contributed by atoms with Crippen LogP contribution >= 0.6 is 0 Å². The maximum absolute atomic E-state index is 14.0. The summed E-state index contributed by atoms with van der Waals surface area (Å²) in [5.41, 5.74) is 0.168. The molecule has 0 aliphatic carbocycles. The highest BCUT2D eigenvalue weighted by Gasteiger charge is 2.17. The van der Waals surface area contributed by atoms with E-state index in [0.29, 0.717) is 5.56 Å². The summed E-state index contributed by atoms with van der Waals surface area (Å²) in [7, 11) is -3.87. The molecule has 0 atom stereocenters.